The molecule has 11 heteroatoms. The van der Waals surface area contributed by atoms with E-state index in [-0.39, 0.29) is 44.1 Å². The van der Waals surface area contributed by atoms with Gasteiger partial charge in [0, 0.05) is 19.4 Å². The second-order valence-corrected chi connectivity index (χ2v) is 9.81. The molecule has 1 aromatic carbocycles. The van der Waals surface area contributed by atoms with Gasteiger partial charge in [0.1, 0.15) is 11.8 Å². The van der Waals surface area contributed by atoms with Crippen molar-refractivity contribution in [3.63, 3.8) is 0 Å². The summed E-state index contributed by atoms with van der Waals surface area (Å²) in [6.07, 6.45) is 7.54. The summed E-state index contributed by atoms with van der Waals surface area (Å²) in [6.45, 7) is 6.07. The topological polar surface area (TPSA) is 146 Å². The van der Waals surface area contributed by atoms with Crippen LogP contribution in [-0.4, -0.2) is 68.7 Å². The minimum absolute atomic E-state index is 0.0743. The Balaban J connectivity index is 2.81. The lowest BCUT2D eigenvalue weighted by Crippen LogP contribution is -2.48. The maximum absolute atomic E-state index is 13.0. The molecule has 0 saturated carbocycles. The second-order valence-electron chi connectivity index (χ2n) is 9.81. The van der Waals surface area contributed by atoms with Gasteiger partial charge >= 0.3 is 17.9 Å². The Kier molecular flexibility index (Phi) is 19.1. The van der Waals surface area contributed by atoms with Crippen molar-refractivity contribution >= 4 is 29.7 Å². The first-order chi connectivity index (χ1) is 20.2. The van der Waals surface area contributed by atoms with Gasteiger partial charge in [0.25, 0.3) is 6.10 Å². The van der Waals surface area contributed by atoms with E-state index in [0.717, 1.165) is 19.3 Å². The van der Waals surface area contributed by atoms with Crippen molar-refractivity contribution in [2.75, 3.05) is 26.9 Å². The van der Waals surface area contributed by atoms with E-state index in [1.165, 1.54) is 39.2 Å². The van der Waals surface area contributed by atoms with Crippen molar-refractivity contribution in [1.29, 1.82) is 0 Å². The number of carbonyl (C=O) groups excluding carboxylic acids is 5. The number of carbonyl (C=O) groups is 5. The third-order valence-corrected chi connectivity index (χ3v) is 6.38. The van der Waals surface area contributed by atoms with Gasteiger partial charge in [-0.05, 0) is 38.0 Å². The first-order valence-electron chi connectivity index (χ1n) is 15.0. The van der Waals surface area contributed by atoms with Crippen molar-refractivity contribution in [3.05, 3.63) is 29.8 Å². The van der Waals surface area contributed by atoms with Crippen LogP contribution in [0.4, 0.5) is 0 Å². The van der Waals surface area contributed by atoms with Gasteiger partial charge in [-0.25, -0.2) is 9.59 Å². The first kappa shape index (κ1) is 36.4. The lowest BCUT2D eigenvalue weighted by Gasteiger charge is -2.19. The number of amides is 2. The van der Waals surface area contributed by atoms with E-state index < -0.39 is 36.0 Å². The first-order valence-corrected chi connectivity index (χ1v) is 15.0. The number of hydrogen-bond donors (Lipinski definition) is 2. The van der Waals surface area contributed by atoms with Crippen molar-refractivity contribution < 1.29 is 42.9 Å². The highest BCUT2D eigenvalue weighted by atomic mass is 16.6. The summed E-state index contributed by atoms with van der Waals surface area (Å²) in [6, 6.07) is 5.57. The van der Waals surface area contributed by atoms with E-state index in [4.69, 9.17) is 14.2 Å². The molecule has 0 aliphatic carbocycles. The number of esters is 3. The molecule has 0 radical (unpaired) electrons. The molecule has 0 aliphatic heterocycles. The predicted octanol–water partition coefficient (Wildman–Crippen LogP) is 3.80. The van der Waals surface area contributed by atoms with Gasteiger partial charge in [-0.3, -0.25) is 14.4 Å². The molecule has 0 aliphatic rings. The largest absolute Gasteiger partial charge is 0.469 e. The Morgan fingerprint density at radius 2 is 1.33 bits per heavy atom. The van der Waals surface area contributed by atoms with Crippen LogP contribution >= 0.6 is 0 Å². The molecule has 2 N–H and O–H groups in total. The predicted molar refractivity (Wildman–Crippen MR) is 157 cm³/mol. The van der Waals surface area contributed by atoms with Gasteiger partial charge < -0.3 is 29.6 Å². The van der Waals surface area contributed by atoms with E-state index in [0.29, 0.717) is 12.1 Å². The number of benzene rings is 1. The Hall–Kier alpha value is -3.63. The molecule has 0 aromatic heterocycles. The summed E-state index contributed by atoms with van der Waals surface area (Å²) in [5, 5.41) is 5.63. The van der Waals surface area contributed by atoms with Crippen LogP contribution in [0.3, 0.4) is 0 Å². The van der Waals surface area contributed by atoms with Gasteiger partial charge in [-0.1, -0.05) is 64.0 Å². The highest BCUT2D eigenvalue weighted by Gasteiger charge is 2.32. The van der Waals surface area contributed by atoms with Gasteiger partial charge in [-0.2, -0.15) is 0 Å². The number of nitrogens with one attached hydrogen (secondary N) is 2. The van der Waals surface area contributed by atoms with Gasteiger partial charge in [-0.15, -0.1) is 0 Å². The fraction of sp³-hybridized carbons (Fsp3) is 0.645. The van der Waals surface area contributed by atoms with Crippen LogP contribution in [0.15, 0.2) is 24.3 Å². The zero-order chi connectivity index (χ0) is 31.2. The van der Waals surface area contributed by atoms with E-state index in [1.807, 2.05) is 0 Å². The maximum Gasteiger partial charge on any atom is 0.359 e. The molecule has 236 valence electrons. The second kappa shape index (κ2) is 22.0. The maximum atomic E-state index is 13.0. The van der Waals surface area contributed by atoms with E-state index in [9.17, 15) is 24.0 Å². The summed E-state index contributed by atoms with van der Waals surface area (Å²) in [5.41, 5.74) is 0.701. The lowest BCUT2D eigenvalue weighted by atomic mass is 10.0. The Morgan fingerprint density at radius 3 is 1.88 bits per heavy atom. The third-order valence-electron chi connectivity index (χ3n) is 6.38. The number of rotatable bonds is 22. The summed E-state index contributed by atoms with van der Waals surface area (Å²) in [7, 11) is 1.25. The minimum Gasteiger partial charge on any atom is -0.469 e. The zero-order valence-electron chi connectivity index (χ0n) is 25.5. The summed E-state index contributed by atoms with van der Waals surface area (Å²) in [4.78, 5) is 61.4. The molecule has 1 rings (SSSR count). The smallest absolute Gasteiger partial charge is 0.359 e. The molecule has 42 heavy (non-hydrogen) atoms. The van der Waals surface area contributed by atoms with Crippen LogP contribution in [0, 0.1) is 0 Å². The van der Waals surface area contributed by atoms with Gasteiger partial charge in [0.05, 0.1) is 26.7 Å². The molecule has 0 spiro atoms. The normalized spacial score (nSPS) is 11.4. The van der Waals surface area contributed by atoms with Crippen LogP contribution in [0.2, 0.25) is 0 Å². The summed E-state index contributed by atoms with van der Waals surface area (Å²) in [5.74, 6) is -2.78. The van der Waals surface area contributed by atoms with E-state index >= 15 is 0 Å². The molecule has 0 unspecified atom stereocenters. The zero-order valence-corrected chi connectivity index (χ0v) is 25.5. The van der Waals surface area contributed by atoms with Crippen molar-refractivity contribution in [2.24, 2.45) is 0 Å². The van der Waals surface area contributed by atoms with Crippen molar-refractivity contribution in [1.82, 2.24) is 10.6 Å². The molecule has 0 bridgehead atoms. The Labute approximate surface area is 249 Å². The Bertz CT molecular complexity index is 948. The minimum atomic E-state index is -1.57. The van der Waals surface area contributed by atoms with E-state index in [2.05, 4.69) is 22.3 Å². The fourth-order valence-corrected chi connectivity index (χ4v) is 4.09. The number of ether oxygens (including phenoxy) is 4. The SMILES string of the molecule is CCCCCCCCCCNC(=O)[C@H](Cc1ccc(OC(C(=O)OCC)C(=O)OCC)cc1)NC(=O)CCC(=O)OC. The van der Waals surface area contributed by atoms with Crippen molar-refractivity contribution in [3.8, 4) is 5.75 Å². The molecule has 2 amide bonds. The molecule has 1 aromatic rings. The molecular formula is C31H48N2O9. The standard InChI is InChI=1S/C31H48N2O9/c1-5-8-9-10-11-12-13-14-21-32-29(36)25(33-26(34)19-20-27(35)39-4)22-23-15-17-24(18-16-23)42-28(30(37)40-6-2)31(38)41-7-3/h15-18,25,28H,5-14,19-22H2,1-4H3,(H,32,36)(H,33,34)/t25-/m0/s1. The lowest BCUT2D eigenvalue weighted by molar-refractivity contribution is -0.166. The van der Waals surface area contributed by atoms with Gasteiger partial charge in [0.15, 0.2) is 0 Å². The van der Waals surface area contributed by atoms with Crippen LogP contribution in [0.5, 0.6) is 5.75 Å². The molecule has 0 heterocycles. The molecule has 11 nitrogen and oxygen atoms in total. The number of unbranched alkanes of at least 4 members (excludes halogenated alkanes) is 7. The highest BCUT2D eigenvalue weighted by molar-refractivity contribution is 5.98. The van der Waals surface area contributed by atoms with Crippen LogP contribution in [-0.2, 0) is 44.6 Å². The molecule has 0 saturated heterocycles. The molecule has 1 atom stereocenters. The number of methoxy groups -OCH3 is 1. The summed E-state index contributed by atoms with van der Waals surface area (Å²) >= 11 is 0. The molecular weight excluding hydrogens is 544 g/mol. The third kappa shape index (κ3) is 15.4. The van der Waals surface area contributed by atoms with E-state index in [1.54, 1.807) is 38.1 Å². The summed E-state index contributed by atoms with van der Waals surface area (Å²) < 4.78 is 20.0. The van der Waals surface area contributed by atoms with Crippen LogP contribution in [0.1, 0.15) is 90.5 Å². The van der Waals surface area contributed by atoms with Crippen LogP contribution in [0.25, 0.3) is 0 Å². The number of hydrogen-bond acceptors (Lipinski definition) is 9. The van der Waals surface area contributed by atoms with Crippen LogP contribution < -0.4 is 15.4 Å². The Morgan fingerprint density at radius 1 is 0.762 bits per heavy atom. The quantitative estimate of drug-likeness (QED) is 0.0888. The van der Waals surface area contributed by atoms with Gasteiger partial charge in [0.2, 0.25) is 11.8 Å². The highest BCUT2D eigenvalue weighted by Crippen LogP contribution is 2.17. The molecule has 0 fully saturated rings. The average Bonchev–Trinajstić information content (AvgIpc) is 2.98. The average molecular weight is 593 g/mol. The monoisotopic (exact) mass is 592 g/mol. The van der Waals surface area contributed by atoms with Crippen molar-refractivity contribution in [2.45, 2.75) is 104 Å². The fourth-order valence-electron chi connectivity index (χ4n) is 4.09.